The molecule has 8 nitrogen and oxygen atoms in total. The van der Waals surface area contributed by atoms with Gasteiger partial charge in [-0.2, -0.15) is 5.10 Å². The highest BCUT2D eigenvalue weighted by Gasteiger charge is 2.18. The predicted octanol–water partition coefficient (Wildman–Crippen LogP) is 2.01. The maximum Gasteiger partial charge on any atom is 0.269 e. The van der Waals surface area contributed by atoms with Gasteiger partial charge in [0.15, 0.2) is 11.5 Å². The molecule has 4 aromatic heterocycles. The SMILES string of the molecule is CC(NC(=O)c1cc(-c2ccccn2)n[nH]1)c1nnc2ccccn12. The Balaban J connectivity index is 1.53. The summed E-state index contributed by atoms with van der Waals surface area (Å²) in [4.78, 5) is 16.7. The first-order valence-corrected chi connectivity index (χ1v) is 7.80. The van der Waals surface area contributed by atoms with Crippen LogP contribution in [0.3, 0.4) is 0 Å². The van der Waals surface area contributed by atoms with Crippen LogP contribution in [0.2, 0.25) is 0 Å². The minimum atomic E-state index is -0.313. The molecule has 0 aliphatic heterocycles. The molecule has 0 bridgehead atoms. The number of hydrogen-bond acceptors (Lipinski definition) is 5. The van der Waals surface area contributed by atoms with Gasteiger partial charge in [0.25, 0.3) is 5.91 Å². The lowest BCUT2D eigenvalue weighted by Crippen LogP contribution is -2.28. The lowest BCUT2D eigenvalue weighted by atomic mass is 10.2. The summed E-state index contributed by atoms with van der Waals surface area (Å²) in [6.07, 6.45) is 3.55. The van der Waals surface area contributed by atoms with Crippen molar-refractivity contribution in [3.8, 4) is 11.4 Å². The molecule has 4 heterocycles. The molecule has 25 heavy (non-hydrogen) atoms. The molecule has 4 rings (SSSR count). The van der Waals surface area contributed by atoms with E-state index >= 15 is 0 Å². The molecule has 4 aromatic rings. The first-order valence-electron chi connectivity index (χ1n) is 7.80. The van der Waals surface area contributed by atoms with Crippen molar-refractivity contribution in [2.45, 2.75) is 13.0 Å². The zero-order valence-corrected chi connectivity index (χ0v) is 13.4. The van der Waals surface area contributed by atoms with Crippen LogP contribution in [0.25, 0.3) is 17.0 Å². The Morgan fingerprint density at radius 1 is 1.16 bits per heavy atom. The van der Waals surface area contributed by atoms with Gasteiger partial charge in [0.05, 0.1) is 11.7 Å². The van der Waals surface area contributed by atoms with Crippen molar-refractivity contribution in [2.75, 3.05) is 0 Å². The summed E-state index contributed by atoms with van der Waals surface area (Å²) in [5, 5.41) is 18.0. The van der Waals surface area contributed by atoms with Gasteiger partial charge in [0.1, 0.15) is 11.4 Å². The molecule has 8 heteroatoms. The van der Waals surface area contributed by atoms with Crippen molar-refractivity contribution in [3.63, 3.8) is 0 Å². The summed E-state index contributed by atoms with van der Waals surface area (Å²) in [6, 6.07) is 12.5. The maximum absolute atomic E-state index is 12.5. The quantitative estimate of drug-likeness (QED) is 0.595. The fourth-order valence-corrected chi connectivity index (χ4v) is 2.58. The molecule has 0 aromatic carbocycles. The highest BCUT2D eigenvalue weighted by Crippen LogP contribution is 2.16. The third kappa shape index (κ3) is 2.85. The van der Waals surface area contributed by atoms with Crippen LogP contribution in [0.4, 0.5) is 0 Å². The molecule has 124 valence electrons. The van der Waals surface area contributed by atoms with E-state index in [1.165, 1.54) is 0 Å². The topological polar surface area (TPSA) is 101 Å². The number of nitrogens with zero attached hydrogens (tertiary/aromatic N) is 5. The van der Waals surface area contributed by atoms with Crippen LogP contribution >= 0.6 is 0 Å². The van der Waals surface area contributed by atoms with E-state index in [1.54, 1.807) is 12.3 Å². The number of hydrogen-bond donors (Lipinski definition) is 2. The summed E-state index contributed by atoms with van der Waals surface area (Å²) in [7, 11) is 0. The van der Waals surface area contributed by atoms with Crippen molar-refractivity contribution in [2.24, 2.45) is 0 Å². The van der Waals surface area contributed by atoms with Gasteiger partial charge in [-0.05, 0) is 37.3 Å². The molecule has 0 saturated heterocycles. The second kappa shape index (κ2) is 6.16. The van der Waals surface area contributed by atoms with E-state index in [9.17, 15) is 4.79 Å². The van der Waals surface area contributed by atoms with E-state index in [2.05, 4.69) is 30.7 Å². The molecular formula is C17H15N7O. The molecule has 1 unspecified atom stereocenters. The van der Waals surface area contributed by atoms with Gasteiger partial charge in [-0.3, -0.25) is 19.3 Å². The van der Waals surface area contributed by atoms with Gasteiger partial charge in [0, 0.05) is 12.4 Å². The molecule has 1 amide bonds. The van der Waals surface area contributed by atoms with Crippen LogP contribution in [-0.2, 0) is 0 Å². The largest absolute Gasteiger partial charge is 0.341 e. The minimum Gasteiger partial charge on any atom is -0.341 e. The maximum atomic E-state index is 12.5. The van der Waals surface area contributed by atoms with E-state index in [0.29, 0.717) is 22.9 Å². The van der Waals surface area contributed by atoms with Crippen molar-refractivity contribution >= 4 is 11.6 Å². The Hall–Kier alpha value is -3.55. The number of fused-ring (bicyclic) bond motifs is 1. The van der Waals surface area contributed by atoms with Crippen LogP contribution in [0.5, 0.6) is 0 Å². The van der Waals surface area contributed by atoms with Crippen molar-refractivity contribution < 1.29 is 4.79 Å². The fraction of sp³-hybridized carbons (Fsp3) is 0.118. The number of carbonyl (C=O) groups excluding carboxylic acids is 1. The monoisotopic (exact) mass is 333 g/mol. The number of rotatable bonds is 4. The standard InChI is InChI=1S/C17H15N7O/c1-11(16-23-22-15-7-3-5-9-24(15)16)19-17(25)14-10-13(20-21-14)12-6-2-4-8-18-12/h2-11H,1H3,(H,19,25)(H,20,21). The number of pyridine rings is 2. The minimum absolute atomic E-state index is 0.269. The number of aromatic nitrogens is 6. The Morgan fingerprint density at radius 3 is 2.88 bits per heavy atom. The lowest BCUT2D eigenvalue weighted by Gasteiger charge is -2.11. The number of nitrogens with one attached hydrogen (secondary N) is 2. The molecule has 0 fully saturated rings. The van der Waals surface area contributed by atoms with Gasteiger partial charge in [0.2, 0.25) is 0 Å². The van der Waals surface area contributed by atoms with E-state index in [4.69, 9.17) is 0 Å². The van der Waals surface area contributed by atoms with E-state index < -0.39 is 0 Å². The van der Waals surface area contributed by atoms with Crippen molar-refractivity contribution in [1.82, 2.24) is 35.1 Å². The van der Waals surface area contributed by atoms with Gasteiger partial charge < -0.3 is 5.32 Å². The molecule has 0 radical (unpaired) electrons. The molecule has 1 atom stereocenters. The van der Waals surface area contributed by atoms with Gasteiger partial charge in [-0.15, -0.1) is 10.2 Å². The molecule has 0 saturated carbocycles. The van der Waals surface area contributed by atoms with E-state index in [0.717, 1.165) is 5.65 Å². The van der Waals surface area contributed by atoms with E-state index in [1.807, 2.05) is 53.9 Å². The zero-order chi connectivity index (χ0) is 17.2. The second-order valence-corrected chi connectivity index (χ2v) is 5.56. The lowest BCUT2D eigenvalue weighted by molar-refractivity contribution is 0.0933. The average molecular weight is 333 g/mol. The van der Waals surface area contributed by atoms with Crippen LogP contribution in [0.15, 0.2) is 54.9 Å². The number of aromatic amines is 1. The number of carbonyl (C=O) groups is 1. The summed E-state index contributed by atoms with van der Waals surface area (Å²) < 4.78 is 1.84. The van der Waals surface area contributed by atoms with Gasteiger partial charge in [-0.25, -0.2) is 0 Å². The molecular weight excluding hydrogens is 318 g/mol. The molecule has 0 aliphatic rings. The van der Waals surface area contributed by atoms with Gasteiger partial charge in [-0.1, -0.05) is 12.1 Å². The van der Waals surface area contributed by atoms with E-state index in [-0.39, 0.29) is 11.9 Å². The molecule has 0 spiro atoms. The number of H-pyrrole nitrogens is 1. The van der Waals surface area contributed by atoms with Crippen molar-refractivity contribution in [3.05, 3.63) is 66.4 Å². The average Bonchev–Trinajstić information content (AvgIpc) is 3.30. The first-order chi connectivity index (χ1) is 12.2. The predicted molar refractivity (Wildman–Crippen MR) is 90.7 cm³/mol. The van der Waals surface area contributed by atoms with Crippen LogP contribution < -0.4 is 5.32 Å². The Labute approximate surface area is 142 Å². The third-order valence-electron chi connectivity index (χ3n) is 3.82. The first kappa shape index (κ1) is 15.0. The molecule has 2 N–H and O–H groups in total. The number of amides is 1. The summed E-state index contributed by atoms with van der Waals surface area (Å²) in [5.41, 5.74) is 2.42. The normalized spacial score (nSPS) is 12.2. The zero-order valence-electron chi connectivity index (χ0n) is 13.4. The fourth-order valence-electron chi connectivity index (χ4n) is 2.58. The highest BCUT2D eigenvalue weighted by molar-refractivity contribution is 5.93. The smallest absolute Gasteiger partial charge is 0.269 e. The van der Waals surface area contributed by atoms with Crippen LogP contribution in [-0.4, -0.2) is 35.7 Å². The Kier molecular flexibility index (Phi) is 3.70. The second-order valence-electron chi connectivity index (χ2n) is 5.56. The third-order valence-corrected chi connectivity index (χ3v) is 3.82. The summed E-state index contributed by atoms with van der Waals surface area (Å²) in [5.74, 6) is 0.392. The Morgan fingerprint density at radius 2 is 2.04 bits per heavy atom. The van der Waals surface area contributed by atoms with Crippen molar-refractivity contribution in [1.29, 1.82) is 0 Å². The summed E-state index contributed by atoms with van der Waals surface area (Å²) >= 11 is 0. The molecule has 0 aliphatic carbocycles. The highest BCUT2D eigenvalue weighted by atomic mass is 16.2. The summed E-state index contributed by atoms with van der Waals surface area (Å²) in [6.45, 7) is 1.86. The van der Waals surface area contributed by atoms with Crippen LogP contribution in [0.1, 0.15) is 29.3 Å². The van der Waals surface area contributed by atoms with Crippen LogP contribution in [0, 0.1) is 0 Å². The Bertz CT molecular complexity index is 1020. The van der Waals surface area contributed by atoms with Gasteiger partial charge >= 0.3 is 0 Å².